The molecule has 8 nitrogen and oxygen atoms in total. The normalized spacial score (nSPS) is 15.4. The molecule has 0 unspecified atom stereocenters. The second-order valence-electron chi connectivity index (χ2n) is 6.76. The van der Waals surface area contributed by atoms with Gasteiger partial charge in [0.1, 0.15) is 0 Å². The number of hydrogen-bond acceptors (Lipinski definition) is 5. The van der Waals surface area contributed by atoms with E-state index in [1.54, 1.807) is 47.5 Å². The van der Waals surface area contributed by atoms with Crippen LogP contribution in [0.2, 0.25) is 5.02 Å². The maximum atomic E-state index is 12.4. The van der Waals surface area contributed by atoms with Crippen molar-refractivity contribution in [2.45, 2.75) is 6.54 Å². The molecule has 3 amide bonds. The van der Waals surface area contributed by atoms with Crippen molar-refractivity contribution in [3.05, 3.63) is 45.2 Å². The van der Waals surface area contributed by atoms with Crippen molar-refractivity contribution < 1.29 is 9.59 Å². The highest BCUT2D eigenvalue weighted by molar-refractivity contribution is 7.07. The first-order valence-corrected chi connectivity index (χ1v) is 10.6. The number of rotatable bonds is 5. The van der Waals surface area contributed by atoms with E-state index in [0.717, 1.165) is 24.4 Å². The Morgan fingerprint density at radius 2 is 1.86 bits per heavy atom. The molecule has 29 heavy (non-hydrogen) atoms. The molecule has 1 aliphatic rings. The van der Waals surface area contributed by atoms with Crippen molar-refractivity contribution in [2.24, 2.45) is 12.0 Å². The number of carbonyl (C=O) groups excluding carboxylic acids is 2. The molecular formula is C19H25ClN6O2S. The molecule has 3 rings (SSSR count). The smallest absolute Gasteiger partial charge is 0.319 e. The fourth-order valence-electron chi connectivity index (χ4n) is 3.11. The average Bonchev–Trinajstić information content (AvgIpc) is 3.08. The molecule has 0 radical (unpaired) electrons. The molecule has 2 heterocycles. The number of aromatic nitrogens is 1. The molecule has 0 spiro atoms. The van der Waals surface area contributed by atoms with Crippen LogP contribution < -0.4 is 15.4 Å². The first-order chi connectivity index (χ1) is 14.0. The van der Waals surface area contributed by atoms with Gasteiger partial charge in [-0.2, -0.15) is 0 Å². The van der Waals surface area contributed by atoms with Crippen molar-refractivity contribution in [3.8, 4) is 0 Å². The summed E-state index contributed by atoms with van der Waals surface area (Å²) in [5, 5.41) is 8.01. The summed E-state index contributed by atoms with van der Waals surface area (Å²) in [4.78, 5) is 33.7. The summed E-state index contributed by atoms with van der Waals surface area (Å²) in [6, 6.07) is 6.37. The Bertz CT molecular complexity index is 916. The topological polar surface area (TPSA) is 82.0 Å². The van der Waals surface area contributed by atoms with Crippen LogP contribution in [-0.4, -0.2) is 66.1 Å². The summed E-state index contributed by atoms with van der Waals surface area (Å²) in [6.45, 7) is 3.72. The number of carbonyl (C=O) groups is 2. The van der Waals surface area contributed by atoms with Crippen LogP contribution in [-0.2, 0) is 18.4 Å². The van der Waals surface area contributed by atoms with E-state index < -0.39 is 6.03 Å². The van der Waals surface area contributed by atoms with E-state index in [1.165, 1.54) is 5.69 Å². The van der Waals surface area contributed by atoms with Crippen molar-refractivity contribution in [1.82, 2.24) is 19.7 Å². The largest absolute Gasteiger partial charge is 0.339 e. The first-order valence-electron chi connectivity index (χ1n) is 9.33. The molecule has 1 fully saturated rings. The Kier molecular flexibility index (Phi) is 7.29. The summed E-state index contributed by atoms with van der Waals surface area (Å²) < 4.78 is 2.10. The molecule has 0 atom stereocenters. The van der Waals surface area contributed by atoms with Crippen LogP contribution in [0.5, 0.6) is 0 Å². The molecule has 2 aromatic rings. The lowest BCUT2D eigenvalue weighted by Crippen LogP contribution is -2.51. The lowest BCUT2D eigenvalue weighted by atomic mass is 10.3. The van der Waals surface area contributed by atoms with Gasteiger partial charge in [-0.05, 0) is 24.3 Å². The monoisotopic (exact) mass is 436 g/mol. The Hall–Kier alpha value is -2.36. The van der Waals surface area contributed by atoms with E-state index in [1.807, 2.05) is 7.05 Å². The SMILES string of the molecule is C/N=c1\scc(CN2CCN(C(=O)CNC(=O)Nc3ccc(Cl)cc3)CC2)n1C. The first kappa shape index (κ1) is 21.4. The number of thiazole rings is 1. The van der Waals surface area contributed by atoms with E-state index in [-0.39, 0.29) is 12.5 Å². The van der Waals surface area contributed by atoms with E-state index in [0.29, 0.717) is 23.8 Å². The van der Waals surface area contributed by atoms with Crippen LogP contribution in [0.4, 0.5) is 10.5 Å². The summed E-state index contributed by atoms with van der Waals surface area (Å²) in [7, 11) is 3.82. The van der Waals surface area contributed by atoms with Crippen LogP contribution in [0.25, 0.3) is 0 Å². The van der Waals surface area contributed by atoms with E-state index >= 15 is 0 Å². The van der Waals surface area contributed by atoms with Gasteiger partial charge in [-0.25, -0.2) is 4.79 Å². The lowest BCUT2D eigenvalue weighted by molar-refractivity contribution is -0.131. The van der Waals surface area contributed by atoms with Gasteiger partial charge in [0.25, 0.3) is 0 Å². The molecule has 1 aromatic heterocycles. The minimum atomic E-state index is -0.415. The fraction of sp³-hybridized carbons (Fsp3) is 0.421. The summed E-state index contributed by atoms with van der Waals surface area (Å²) in [5.41, 5.74) is 1.84. The van der Waals surface area contributed by atoms with Crippen LogP contribution in [0.3, 0.4) is 0 Å². The standard InChI is InChI=1S/C19H25ClN6O2S/c1-21-19-24(2)16(13-29-19)12-25-7-9-26(10-8-25)17(27)11-22-18(28)23-15-5-3-14(20)4-6-15/h3-6,13H,7-12H2,1-2H3,(H2,22,23,28)/b21-19-. The molecule has 1 saturated heterocycles. The van der Waals surface area contributed by atoms with Gasteiger partial charge in [0.05, 0.1) is 6.54 Å². The third-order valence-corrected chi connectivity index (χ3v) is 6.13. The molecule has 1 aliphatic heterocycles. The Labute approximate surface area is 178 Å². The van der Waals surface area contributed by atoms with Gasteiger partial charge in [-0.1, -0.05) is 11.6 Å². The quantitative estimate of drug-likeness (QED) is 0.749. The number of urea groups is 1. The highest BCUT2D eigenvalue weighted by Crippen LogP contribution is 2.13. The number of nitrogens with one attached hydrogen (secondary N) is 2. The number of amides is 3. The molecular weight excluding hydrogens is 412 g/mol. The van der Waals surface area contributed by atoms with Gasteiger partial charge < -0.3 is 20.1 Å². The van der Waals surface area contributed by atoms with Crippen molar-refractivity contribution in [2.75, 3.05) is 45.1 Å². The highest BCUT2D eigenvalue weighted by atomic mass is 35.5. The number of hydrogen-bond donors (Lipinski definition) is 2. The maximum Gasteiger partial charge on any atom is 0.319 e. The Morgan fingerprint density at radius 3 is 2.48 bits per heavy atom. The number of halogens is 1. The zero-order chi connectivity index (χ0) is 20.8. The van der Waals surface area contributed by atoms with Gasteiger partial charge in [0, 0.05) is 68.6 Å². The summed E-state index contributed by atoms with van der Waals surface area (Å²) in [5.74, 6) is -0.0796. The number of nitrogens with zero attached hydrogens (tertiary/aromatic N) is 4. The van der Waals surface area contributed by atoms with Gasteiger partial charge >= 0.3 is 6.03 Å². The fourth-order valence-corrected chi connectivity index (χ4v) is 4.09. The molecule has 156 valence electrons. The van der Waals surface area contributed by atoms with E-state index in [4.69, 9.17) is 11.6 Å². The minimum absolute atomic E-state index is 0.0275. The second-order valence-corrected chi connectivity index (χ2v) is 8.04. The third-order valence-electron chi connectivity index (χ3n) is 4.82. The Balaban J connectivity index is 1.40. The predicted octanol–water partition coefficient (Wildman–Crippen LogP) is 1.74. The minimum Gasteiger partial charge on any atom is -0.339 e. The highest BCUT2D eigenvalue weighted by Gasteiger charge is 2.22. The van der Waals surface area contributed by atoms with Gasteiger partial charge in [0.15, 0.2) is 4.80 Å². The van der Waals surface area contributed by atoms with Crippen LogP contribution in [0, 0.1) is 0 Å². The van der Waals surface area contributed by atoms with Crippen molar-refractivity contribution in [1.29, 1.82) is 0 Å². The molecule has 2 N–H and O–H groups in total. The molecule has 10 heteroatoms. The molecule has 0 saturated carbocycles. The van der Waals surface area contributed by atoms with Gasteiger partial charge in [-0.3, -0.25) is 14.7 Å². The van der Waals surface area contributed by atoms with Crippen LogP contribution in [0.1, 0.15) is 5.69 Å². The Morgan fingerprint density at radius 1 is 1.17 bits per heavy atom. The third kappa shape index (κ3) is 5.81. The summed E-state index contributed by atoms with van der Waals surface area (Å²) in [6.07, 6.45) is 0. The average molecular weight is 437 g/mol. The van der Waals surface area contributed by atoms with E-state index in [2.05, 4.69) is 30.5 Å². The molecule has 1 aromatic carbocycles. The molecule has 0 bridgehead atoms. The zero-order valence-electron chi connectivity index (χ0n) is 16.5. The number of piperazine rings is 1. The van der Waals surface area contributed by atoms with E-state index in [9.17, 15) is 9.59 Å². The van der Waals surface area contributed by atoms with Gasteiger partial charge in [0.2, 0.25) is 5.91 Å². The number of benzene rings is 1. The summed E-state index contributed by atoms with van der Waals surface area (Å²) >= 11 is 7.45. The maximum absolute atomic E-state index is 12.4. The van der Waals surface area contributed by atoms with Crippen LogP contribution in [0.15, 0.2) is 34.6 Å². The number of anilines is 1. The van der Waals surface area contributed by atoms with Crippen molar-refractivity contribution in [3.63, 3.8) is 0 Å². The molecule has 0 aliphatic carbocycles. The van der Waals surface area contributed by atoms with Crippen molar-refractivity contribution >= 4 is 40.6 Å². The predicted molar refractivity (Wildman–Crippen MR) is 115 cm³/mol. The zero-order valence-corrected chi connectivity index (χ0v) is 18.1. The second kappa shape index (κ2) is 9.91. The lowest BCUT2D eigenvalue weighted by Gasteiger charge is -2.34. The van der Waals surface area contributed by atoms with Gasteiger partial charge in [-0.15, -0.1) is 11.3 Å². The van der Waals surface area contributed by atoms with Crippen LogP contribution >= 0.6 is 22.9 Å².